The monoisotopic (exact) mass is 685 g/mol. The van der Waals surface area contributed by atoms with Gasteiger partial charge in [0.2, 0.25) is 0 Å². The van der Waals surface area contributed by atoms with Crippen LogP contribution in [-0.2, 0) is 10.8 Å². The molecule has 0 amide bonds. The maximum atomic E-state index is 2.67. The van der Waals surface area contributed by atoms with Crippen molar-refractivity contribution in [2.75, 3.05) is 4.90 Å². The predicted molar refractivity (Wildman–Crippen MR) is 219 cm³/mol. The van der Waals surface area contributed by atoms with Crippen LogP contribution in [0.15, 0.2) is 140 Å². The highest BCUT2D eigenvalue weighted by molar-refractivity contribution is 5.93. The highest BCUT2D eigenvalue weighted by atomic mass is 15.1. The molecule has 0 radical (unpaired) electrons. The van der Waals surface area contributed by atoms with Gasteiger partial charge in [-0.3, -0.25) is 0 Å². The lowest BCUT2D eigenvalue weighted by Gasteiger charge is -2.61. The molecule has 7 aliphatic carbocycles. The Balaban J connectivity index is 1.10. The minimum atomic E-state index is 0.0770. The first-order valence-electron chi connectivity index (χ1n) is 20.7. The molecule has 5 fully saturated rings. The summed E-state index contributed by atoms with van der Waals surface area (Å²) < 4.78 is 0. The molecule has 6 aromatic rings. The minimum Gasteiger partial charge on any atom is -0.310 e. The van der Waals surface area contributed by atoms with E-state index in [1.165, 1.54) is 115 Å². The van der Waals surface area contributed by atoms with Crippen molar-refractivity contribution in [3.63, 3.8) is 0 Å². The van der Waals surface area contributed by atoms with Gasteiger partial charge in [0.15, 0.2) is 0 Å². The van der Waals surface area contributed by atoms with Crippen molar-refractivity contribution in [3.8, 4) is 33.4 Å². The van der Waals surface area contributed by atoms with E-state index in [0.717, 1.165) is 11.8 Å². The molecule has 7 aliphatic rings. The van der Waals surface area contributed by atoms with Gasteiger partial charge >= 0.3 is 0 Å². The maximum Gasteiger partial charge on any atom is 0.0509 e. The van der Waals surface area contributed by atoms with Gasteiger partial charge in [-0.2, -0.15) is 0 Å². The van der Waals surface area contributed by atoms with Crippen LogP contribution in [0, 0.1) is 23.7 Å². The van der Waals surface area contributed by atoms with E-state index in [4.69, 9.17) is 0 Å². The Labute approximate surface area is 314 Å². The molecule has 0 heterocycles. The van der Waals surface area contributed by atoms with Gasteiger partial charge in [0, 0.05) is 22.2 Å². The molecule has 0 N–H and O–H groups in total. The van der Waals surface area contributed by atoms with Gasteiger partial charge in [-0.15, -0.1) is 0 Å². The van der Waals surface area contributed by atoms with E-state index >= 15 is 0 Å². The smallest absolute Gasteiger partial charge is 0.0509 e. The molecule has 0 atom stereocenters. The summed E-state index contributed by atoms with van der Waals surface area (Å²) in [6, 6.07) is 54.1. The molecule has 260 valence electrons. The second-order valence-electron chi connectivity index (χ2n) is 17.6. The van der Waals surface area contributed by atoms with Crippen molar-refractivity contribution in [1.82, 2.24) is 0 Å². The minimum absolute atomic E-state index is 0.0770. The molecule has 0 unspecified atom stereocenters. The van der Waals surface area contributed by atoms with Gasteiger partial charge in [0.05, 0.1) is 5.69 Å². The molecule has 6 aromatic carbocycles. The third kappa shape index (κ3) is 4.15. The van der Waals surface area contributed by atoms with Gasteiger partial charge in [-0.1, -0.05) is 128 Å². The predicted octanol–water partition coefficient (Wildman–Crippen LogP) is 13.8. The lowest BCUT2D eigenvalue weighted by atomic mass is 9.43. The molecule has 13 rings (SSSR count). The van der Waals surface area contributed by atoms with Gasteiger partial charge in [-0.05, 0) is 155 Å². The Bertz CT molecular complexity index is 2370. The summed E-state index contributed by atoms with van der Waals surface area (Å²) in [6.07, 6.45) is 13.5. The van der Waals surface area contributed by atoms with E-state index in [1.807, 2.05) is 0 Å². The molecule has 5 saturated carbocycles. The summed E-state index contributed by atoms with van der Waals surface area (Å²) in [5, 5.41) is 0. The fourth-order valence-corrected chi connectivity index (χ4v) is 13.5. The van der Waals surface area contributed by atoms with E-state index in [1.54, 1.807) is 22.3 Å². The second kappa shape index (κ2) is 11.3. The molecule has 1 heteroatoms. The van der Waals surface area contributed by atoms with Gasteiger partial charge in [-0.25, -0.2) is 0 Å². The van der Waals surface area contributed by atoms with Crippen LogP contribution in [0.2, 0.25) is 0 Å². The first-order valence-corrected chi connectivity index (χ1v) is 20.7. The number of benzene rings is 6. The first kappa shape index (κ1) is 30.6. The fraction of sp³-hybridized carbons (Fsp3) is 0.308. The number of anilines is 3. The van der Waals surface area contributed by atoms with Crippen molar-refractivity contribution in [2.24, 2.45) is 23.7 Å². The van der Waals surface area contributed by atoms with Crippen molar-refractivity contribution in [3.05, 3.63) is 162 Å². The SMILES string of the molecule is c1ccc(-c2ccc(N(c3ccc4c(c3)-c3ccccc3C43CCCCC3)c3cccc4c3C3(c5ccccc5-4)C4CC5CC(C4)CC3C5)cc2)cc1. The van der Waals surface area contributed by atoms with Crippen molar-refractivity contribution in [1.29, 1.82) is 0 Å². The molecule has 0 aliphatic heterocycles. The van der Waals surface area contributed by atoms with Crippen molar-refractivity contribution in [2.45, 2.75) is 75.0 Å². The normalized spacial score (nSPS) is 26.3. The highest BCUT2D eigenvalue weighted by Crippen LogP contribution is 2.71. The molecule has 0 saturated heterocycles. The van der Waals surface area contributed by atoms with E-state index in [-0.39, 0.29) is 10.8 Å². The largest absolute Gasteiger partial charge is 0.310 e. The third-order valence-corrected chi connectivity index (χ3v) is 15.2. The Morgan fingerprint density at radius 3 is 1.75 bits per heavy atom. The van der Waals surface area contributed by atoms with E-state index in [2.05, 4.69) is 144 Å². The molecular formula is C52H47N. The zero-order chi connectivity index (χ0) is 34.7. The lowest BCUT2D eigenvalue weighted by Crippen LogP contribution is -2.55. The Morgan fingerprint density at radius 2 is 1.02 bits per heavy atom. The molecular weight excluding hydrogens is 639 g/mol. The van der Waals surface area contributed by atoms with Gasteiger partial charge in [0.25, 0.3) is 0 Å². The van der Waals surface area contributed by atoms with Crippen LogP contribution in [0.5, 0.6) is 0 Å². The summed E-state index contributed by atoms with van der Waals surface area (Å²) >= 11 is 0. The Morgan fingerprint density at radius 1 is 0.434 bits per heavy atom. The number of hydrogen-bond acceptors (Lipinski definition) is 1. The average molecular weight is 686 g/mol. The van der Waals surface area contributed by atoms with Crippen LogP contribution in [0.3, 0.4) is 0 Å². The summed E-state index contributed by atoms with van der Waals surface area (Å²) in [4.78, 5) is 2.67. The Hall–Kier alpha value is -4.88. The zero-order valence-electron chi connectivity index (χ0n) is 30.6. The summed E-state index contributed by atoms with van der Waals surface area (Å²) in [7, 11) is 0. The van der Waals surface area contributed by atoms with Crippen LogP contribution in [0.4, 0.5) is 17.1 Å². The second-order valence-corrected chi connectivity index (χ2v) is 17.6. The molecule has 4 bridgehead atoms. The van der Waals surface area contributed by atoms with Crippen molar-refractivity contribution < 1.29 is 0 Å². The van der Waals surface area contributed by atoms with Gasteiger partial charge in [0.1, 0.15) is 0 Å². The standard InChI is InChI=1S/C52H47N/c1-3-12-36(13-4-1)37-20-22-40(23-21-37)53(41-24-25-47-45(33-41)43-15-5-7-17-46(43)51(47)26-9-2-10-27-51)49-19-11-16-44-42-14-6-8-18-48(42)52(50(44)49)38-29-34-28-35(31-38)32-39(52)30-34/h1,3-8,11-25,33-35,38-39H,2,9-10,26-32H2. The molecule has 53 heavy (non-hydrogen) atoms. The lowest BCUT2D eigenvalue weighted by molar-refractivity contribution is -0.0397. The van der Waals surface area contributed by atoms with Crippen LogP contribution in [0.25, 0.3) is 33.4 Å². The fourth-order valence-electron chi connectivity index (χ4n) is 13.5. The summed E-state index contributed by atoms with van der Waals surface area (Å²) in [6.45, 7) is 0. The molecule has 0 aromatic heterocycles. The zero-order valence-corrected chi connectivity index (χ0v) is 30.6. The quantitative estimate of drug-likeness (QED) is 0.179. The van der Waals surface area contributed by atoms with Crippen LogP contribution in [0.1, 0.15) is 86.5 Å². The van der Waals surface area contributed by atoms with Crippen molar-refractivity contribution >= 4 is 17.1 Å². The number of fused-ring (bicyclic) bond motifs is 8. The van der Waals surface area contributed by atoms with Gasteiger partial charge < -0.3 is 4.90 Å². The van der Waals surface area contributed by atoms with Crippen LogP contribution in [-0.4, -0.2) is 0 Å². The number of nitrogens with zero attached hydrogens (tertiary/aromatic N) is 1. The topological polar surface area (TPSA) is 3.24 Å². The van der Waals surface area contributed by atoms with E-state index in [0.29, 0.717) is 11.8 Å². The first-order chi connectivity index (χ1) is 26.2. The van der Waals surface area contributed by atoms with Crippen LogP contribution >= 0.6 is 0 Å². The average Bonchev–Trinajstić information content (AvgIpc) is 3.65. The molecule has 2 spiro atoms. The summed E-state index contributed by atoms with van der Waals surface area (Å²) in [5.74, 6) is 3.25. The number of hydrogen-bond donors (Lipinski definition) is 0. The summed E-state index contributed by atoms with van der Waals surface area (Å²) in [5.41, 5.74) is 18.9. The maximum absolute atomic E-state index is 2.67. The van der Waals surface area contributed by atoms with E-state index in [9.17, 15) is 0 Å². The Kier molecular flexibility index (Phi) is 6.53. The number of rotatable bonds is 4. The molecule has 1 nitrogen and oxygen atoms in total. The highest BCUT2D eigenvalue weighted by Gasteiger charge is 2.62. The van der Waals surface area contributed by atoms with E-state index < -0.39 is 0 Å². The van der Waals surface area contributed by atoms with Crippen LogP contribution < -0.4 is 4.90 Å². The third-order valence-electron chi connectivity index (χ3n) is 15.2.